The number of aromatic nitrogens is 3. The molecule has 1 aliphatic heterocycles. The van der Waals surface area contributed by atoms with E-state index in [4.69, 9.17) is 20.5 Å². The molecule has 3 heterocycles. The molecule has 2 aromatic carbocycles. The van der Waals surface area contributed by atoms with Crippen LogP contribution in [0.15, 0.2) is 62.3 Å². The minimum absolute atomic E-state index is 0.0304. The fraction of sp³-hybridized carbons (Fsp3) is 0.200. The first-order valence-electron chi connectivity index (χ1n) is 9.04. The van der Waals surface area contributed by atoms with Gasteiger partial charge in [0, 0.05) is 23.7 Å². The zero-order chi connectivity index (χ0) is 20.0. The summed E-state index contributed by atoms with van der Waals surface area (Å²) in [4.78, 5) is 30.7. The third-order valence-electron chi connectivity index (χ3n) is 4.98. The Kier molecular flexibility index (Phi) is 4.21. The molecule has 0 N–H and O–H groups in total. The number of likely N-dealkylation sites (tertiary alicyclic amines) is 1. The number of para-hydroxylation sites is 2. The Morgan fingerprint density at radius 2 is 2.00 bits per heavy atom. The van der Waals surface area contributed by atoms with Crippen LogP contribution in [0, 0.1) is 0 Å². The number of halogens is 1. The Morgan fingerprint density at radius 1 is 1.17 bits per heavy atom. The fourth-order valence-electron chi connectivity index (χ4n) is 3.38. The molecule has 1 fully saturated rings. The van der Waals surface area contributed by atoms with E-state index in [1.807, 2.05) is 12.1 Å². The lowest BCUT2D eigenvalue weighted by Gasteiger charge is -2.37. The lowest BCUT2D eigenvalue weighted by molar-refractivity contribution is -0.136. The molecular formula is C20H15ClN4O4. The molecular weight excluding hydrogens is 396 g/mol. The highest BCUT2D eigenvalue weighted by atomic mass is 35.5. The Balaban J connectivity index is 1.26. The number of rotatable bonds is 4. The zero-order valence-electron chi connectivity index (χ0n) is 15.1. The van der Waals surface area contributed by atoms with Gasteiger partial charge >= 0.3 is 5.76 Å². The molecule has 0 spiro atoms. The van der Waals surface area contributed by atoms with Gasteiger partial charge in [0.25, 0.3) is 0 Å². The molecule has 1 aliphatic rings. The van der Waals surface area contributed by atoms with Crippen LogP contribution in [0.4, 0.5) is 0 Å². The molecule has 1 saturated heterocycles. The molecule has 146 valence electrons. The van der Waals surface area contributed by atoms with Crippen LogP contribution < -0.4 is 5.76 Å². The van der Waals surface area contributed by atoms with E-state index in [1.165, 1.54) is 4.57 Å². The molecule has 0 atom stereocenters. The van der Waals surface area contributed by atoms with Crippen LogP contribution in [0.5, 0.6) is 0 Å². The largest absolute Gasteiger partial charge is 0.420 e. The maximum Gasteiger partial charge on any atom is 0.420 e. The summed E-state index contributed by atoms with van der Waals surface area (Å²) in [5, 5.41) is 4.59. The summed E-state index contributed by atoms with van der Waals surface area (Å²) >= 11 is 6.00. The predicted octanol–water partition coefficient (Wildman–Crippen LogP) is 2.92. The first-order valence-corrected chi connectivity index (χ1v) is 9.42. The van der Waals surface area contributed by atoms with E-state index in [-0.39, 0.29) is 18.4 Å². The summed E-state index contributed by atoms with van der Waals surface area (Å²) in [5.74, 6) is 0.208. The molecule has 9 heteroatoms. The van der Waals surface area contributed by atoms with Crippen molar-refractivity contribution in [2.75, 3.05) is 13.1 Å². The van der Waals surface area contributed by atoms with Crippen molar-refractivity contribution in [2.45, 2.75) is 12.5 Å². The second-order valence-electron chi connectivity index (χ2n) is 6.88. The summed E-state index contributed by atoms with van der Waals surface area (Å²) in [6.45, 7) is 0.848. The number of nitrogens with zero attached hydrogens (tertiary/aromatic N) is 4. The SMILES string of the molecule is O=C(Cn1c(=O)oc2ccccc21)N1CC(c2nc(-c3cccc(Cl)c3)no2)C1. The third-order valence-corrected chi connectivity index (χ3v) is 5.21. The van der Waals surface area contributed by atoms with Crippen molar-refractivity contribution in [1.29, 1.82) is 0 Å². The highest BCUT2D eigenvalue weighted by Gasteiger charge is 2.36. The van der Waals surface area contributed by atoms with Gasteiger partial charge in [-0.2, -0.15) is 4.98 Å². The van der Waals surface area contributed by atoms with Crippen molar-refractivity contribution in [3.8, 4) is 11.4 Å². The van der Waals surface area contributed by atoms with E-state index >= 15 is 0 Å². The first kappa shape index (κ1) is 17.7. The van der Waals surface area contributed by atoms with Gasteiger partial charge in [0.2, 0.25) is 17.6 Å². The third kappa shape index (κ3) is 3.21. The number of hydrogen-bond donors (Lipinski definition) is 0. The normalized spacial score (nSPS) is 14.3. The number of benzene rings is 2. The van der Waals surface area contributed by atoms with E-state index in [1.54, 1.807) is 41.3 Å². The van der Waals surface area contributed by atoms with E-state index in [9.17, 15) is 9.59 Å². The maximum absolute atomic E-state index is 12.6. The molecule has 5 rings (SSSR count). The highest BCUT2D eigenvalue weighted by Crippen LogP contribution is 2.28. The average molecular weight is 411 g/mol. The number of amides is 1. The number of oxazole rings is 1. The minimum Gasteiger partial charge on any atom is -0.408 e. The van der Waals surface area contributed by atoms with Gasteiger partial charge in [0.05, 0.1) is 11.4 Å². The van der Waals surface area contributed by atoms with Crippen molar-refractivity contribution >= 4 is 28.6 Å². The van der Waals surface area contributed by atoms with E-state index in [0.717, 1.165) is 5.56 Å². The molecule has 29 heavy (non-hydrogen) atoms. The number of carbonyl (C=O) groups excluding carboxylic acids is 1. The van der Waals surface area contributed by atoms with Gasteiger partial charge in [0.1, 0.15) is 6.54 Å². The summed E-state index contributed by atoms with van der Waals surface area (Å²) < 4.78 is 11.9. The molecule has 2 aromatic heterocycles. The van der Waals surface area contributed by atoms with Crippen LogP contribution in [0.2, 0.25) is 5.02 Å². The second kappa shape index (κ2) is 6.89. The van der Waals surface area contributed by atoms with Crippen LogP contribution in [-0.4, -0.2) is 38.6 Å². The topological polar surface area (TPSA) is 94.4 Å². The van der Waals surface area contributed by atoms with Crippen LogP contribution in [-0.2, 0) is 11.3 Å². The lowest BCUT2D eigenvalue weighted by atomic mass is 10.00. The molecule has 0 radical (unpaired) electrons. The quantitative estimate of drug-likeness (QED) is 0.513. The Hall–Kier alpha value is -3.39. The second-order valence-corrected chi connectivity index (χ2v) is 7.32. The average Bonchev–Trinajstić information content (AvgIpc) is 3.26. The van der Waals surface area contributed by atoms with Gasteiger partial charge in [-0.3, -0.25) is 9.36 Å². The first-order chi connectivity index (χ1) is 14.1. The monoisotopic (exact) mass is 410 g/mol. The molecule has 4 aromatic rings. The van der Waals surface area contributed by atoms with Gasteiger partial charge in [-0.25, -0.2) is 4.79 Å². The van der Waals surface area contributed by atoms with Crippen molar-refractivity contribution in [3.05, 3.63) is 70.0 Å². The van der Waals surface area contributed by atoms with Crippen LogP contribution in [0.3, 0.4) is 0 Å². The van der Waals surface area contributed by atoms with Gasteiger partial charge in [0.15, 0.2) is 5.58 Å². The lowest BCUT2D eigenvalue weighted by Crippen LogP contribution is -2.50. The number of carbonyl (C=O) groups is 1. The summed E-state index contributed by atoms with van der Waals surface area (Å²) in [6, 6.07) is 14.2. The molecule has 8 nitrogen and oxygen atoms in total. The Morgan fingerprint density at radius 3 is 2.83 bits per heavy atom. The fourth-order valence-corrected chi connectivity index (χ4v) is 3.57. The standard InChI is InChI=1S/C20H15ClN4O4/c21-14-5-3-4-12(8-14)18-22-19(29-23-18)13-9-24(10-13)17(26)11-25-15-6-1-2-7-16(15)28-20(25)27/h1-8,13H,9-11H2. The van der Waals surface area contributed by atoms with Gasteiger partial charge in [-0.15, -0.1) is 0 Å². The Bertz CT molecular complexity index is 1270. The molecule has 0 saturated carbocycles. The van der Waals surface area contributed by atoms with E-state index in [2.05, 4.69) is 10.1 Å². The summed E-state index contributed by atoms with van der Waals surface area (Å²) in [7, 11) is 0. The molecule has 1 amide bonds. The summed E-state index contributed by atoms with van der Waals surface area (Å²) in [5.41, 5.74) is 1.84. The highest BCUT2D eigenvalue weighted by molar-refractivity contribution is 6.30. The zero-order valence-corrected chi connectivity index (χ0v) is 15.9. The van der Waals surface area contributed by atoms with Crippen molar-refractivity contribution in [1.82, 2.24) is 19.6 Å². The predicted molar refractivity (Wildman–Crippen MR) is 105 cm³/mol. The van der Waals surface area contributed by atoms with Gasteiger partial charge < -0.3 is 13.8 Å². The molecule has 0 unspecified atom stereocenters. The van der Waals surface area contributed by atoms with Crippen molar-refractivity contribution in [2.24, 2.45) is 0 Å². The molecule has 0 bridgehead atoms. The minimum atomic E-state index is -0.542. The van der Waals surface area contributed by atoms with Gasteiger partial charge in [-0.1, -0.05) is 41.0 Å². The number of fused-ring (bicyclic) bond motifs is 1. The van der Waals surface area contributed by atoms with Crippen LogP contribution in [0.25, 0.3) is 22.5 Å². The smallest absolute Gasteiger partial charge is 0.408 e. The number of hydrogen-bond acceptors (Lipinski definition) is 6. The Labute approximate surface area is 169 Å². The van der Waals surface area contributed by atoms with Gasteiger partial charge in [-0.05, 0) is 24.3 Å². The van der Waals surface area contributed by atoms with E-state index < -0.39 is 5.76 Å². The van der Waals surface area contributed by atoms with Crippen molar-refractivity contribution in [3.63, 3.8) is 0 Å². The van der Waals surface area contributed by atoms with E-state index in [0.29, 0.717) is 40.9 Å². The van der Waals surface area contributed by atoms with Crippen molar-refractivity contribution < 1.29 is 13.7 Å². The maximum atomic E-state index is 12.6. The van der Waals surface area contributed by atoms with Crippen LogP contribution >= 0.6 is 11.6 Å². The molecule has 0 aliphatic carbocycles. The summed E-state index contributed by atoms with van der Waals surface area (Å²) in [6.07, 6.45) is 0. The van der Waals surface area contributed by atoms with Crippen LogP contribution in [0.1, 0.15) is 11.8 Å².